The van der Waals surface area contributed by atoms with Gasteiger partial charge in [-0.25, -0.2) is 4.68 Å². The summed E-state index contributed by atoms with van der Waals surface area (Å²) in [5, 5.41) is 20.7. The van der Waals surface area contributed by atoms with Crippen molar-refractivity contribution in [2.45, 2.75) is 32.6 Å². The Morgan fingerprint density at radius 1 is 1.24 bits per heavy atom. The zero-order valence-corrected chi connectivity index (χ0v) is 19.7. The Kier molecular flexibility index (Phi) is 7.65. The number of carbonyl (C=O) groups excluding carboxylic acids is 1. The fraction of sp³-hybridized carbons (Fsp3) is 0.423. The molecule has 1 aromatic carbocycles. The van der Waals surface area contributed by atoms with Gasteiger partial charge in [0.25, 0.3) is 0 Å². The van der Waals surface area contributed by atoms with Gasteiger partial charge in [-0.2, -0.15) is 5.26 Å². The zero-order chi connectivity index (χ0) is 23.9. The summed E-state index contributed by atoms with van der Waals surface area (Å²) < 4.78 is 1.59. The quantitative estimate of drug-likeness (QED) is 0.619. The van der Waals surface area contributed by atoms with E-state index in [0.29, 0.717) is 12.3 Å². The molecule has 2 fully saturated rings. The molecule has 8 nitrogen and oxygen atoms in total. The molecular formula is C26H31N7O. The maximum absolute atomic E-state index is 12.9. The molecule has 1 aliphatic carbocycles. The fourth-order valence-corrected chi connectivity index (χ4v) is 4.81. The Morgan fingerprint density at radius 3 is 2.65 bits per heavy atom. The minimum atomic E-state index is 0.159. The first-order valence-corrected chi connectivity index (χ1v) is 11.9. The summed E-state index contributed by atoms with van der Waals surface area (Å²) in [5.74, 6) is 0.533. The van der Waals surface area contributed by atoms with Crippen LogP contribution >= 0.6 is 0 Å². The highest BCUT2D eigenvalue weighted by atomic mass is 16.2. The minimum Gasteiger partial charge on any atom is -0.340 e. The normalized spacial score (nSPS) is 21.0. The van der Waals surface area contributed by atoms with Crippen LogP contribution < -0.4 is 0 Å². The van der Waals surface area contributed by atoms with Crippen molar-refractivity contribution in [2.24, 2.45) is 5.92 Å². The third-order valence-corrected chi connectivity index (χ3v) is 6.75. The van der Waals surface area contributed by atoms with Crippen molar-refractivity contribution in [3.8, 4) is 11.8 Å². The summed E-state index contributed by atoms with van der Waals surface area (Å²) in [5.41, 5.74) is 4.83. The van der Waals surface area contributed by atoms with E-state index in [1.165, 1.54) is 0 Å². The number of hydrogen-bond acceptors (Lipinski definition) is 6. The molecule has 2 aromatic rings. The SMILES string of the molecule is C=C1/C(=C(C#N)\C=C/C)CCCC1CN1CCN(C(=O)Cc2ccc(-n3cnnn3)cc2)CC1. The Morgan fingerprint density at radius 2 is 2.00 bits per heavy atom. The minimum absolute atomic E-state index is 0.159. The number of tetrazole rings is 1. The number of nitriles is 1. The van der Waals surface area contributed by atoms with E-state index in [9.17, 15) is 10.1 Å². The van der Waals surface area contributed by atoms with Gasteiger partial charge in [-0.15, -0.1) is 5.10 Å². The summed E-state index contributed by atoms with van der Waals surface area (Å²) in [6.45, 7) is 10.5. The molecule has 4 rings (SSSR count). The smallest absolute Gasteiger partial charge is 0.227 e. The molecule has 1 unspecified atom stereocenters. The number of hydrogen-bond donors (Lipinski definition) is 0. The van der Waals surface area contributed by atoms with Gasteiger partial charge >= 0.3 is 0 Å². The Balaban J connectivity index is 1.28. The molecule has 1 aromatic heterocycles. The lowest BCUT2D eigenvalue weighted by molar-refractivity contribution is -0.132. The third-order valence-electron chi connectivity index (χ3n) is 6.75. The van der Waals surface area contributed by atoms with Crippen LogP contribution in [0.2, 0.25) is 0 Å². The van der Waals surface area contributed by atoms with Gasteiger partial charge in [-0.3, -0.25) is 9.69 Å². The predicted molar refractivity (Wildman–Crippen MR) is 130 cm³/mol. The predicted octanol–water partition coefficient (Wildman–Crippen LogP) is 3.10. The van der Waals surface area contributed by atoms with Crippen LogP contribution in [0.3, 0.4) is 0 Å². The summed E-state index contributed by atoms with van der Waals surface area (Å²) in [6.07, 6.45) is 8.88. The van der Waals surface area contributed by atoms with Gasteiger partial charge in [0.1, 0.15) is 6.33 Å². The first kappa shape index (κ1) is 23.6. The van der Waals surface area contributed by atoms with E-state index in [2.05, 4.69) is 33.1 Å². The van der Waals surface area contributed by atoms with Crippen LogP contribution in [0.15, 0.2) is 66.0 Å². The standard InChI is InChI=1S/C26H31N7O/c1-3-5-22(17-27)25-7-4-6-23(20(25)2)18-31-12-14-32(15-13-31)26(34)16-21-8-10-24(11-9-21)33-19-28-29-30-33/h3,5,8-11,19,23H,2,4,6-7,12-16,18H2,1H3/b5-3-,25-22+. The highest BCUT2D eigenvalue weighted by Crippen LogP contribution is 2.35. The summed E-state index contributed by atoms with van der Waals surface area (Å²) in [4.78, 5) is 17.3. The van der Waals surface area contributed by atoms with Crippen molar-refractivity contribution in [1.29, 1.82) is 5.26 Å². The van der Waals surface area contributed by atoms with Gasteiger partial charge < -0.3 is 4.90 Å². The number of benzene rings is 1. The number of aromatic nitrogens is 4. The maximum atomic E-state index is 12.9. The number of rotatable bonds is 6. The highest BCUT2D eigenvalue weighted by Gasteiger charge is 2.28. The molecule has 2 aliphatic rings. The van der Waals surface area contributed by atoms with E-state index in [1.807, 2.05) is 48.2 Å². The summed E-state index contributed by atoms with van der Waals surface area (Å²) in [7, 11) is 0. The van der Waals surface area contributed by atoms with E-state index in [4.69, 9.17) is 0 Å². The lowest BCUT2D eigenvalue weighted by atomic mass is 9.79. The molecule has 2 heterocycles. The van der Waals surface area contributed by atoms with Crippen molar-refractivity contribution in [3.05, 3.63) is 71.6 Å². The number of nitrogens with zero attached hydrogens (tertiary/aromatic N) is 7. The molecule has 0 bridgehead atoms. The van der Waals surface area contributed by atoms with E-state index >= 15 is 0 Å². The average Bonchev–Trinajstić information content (AvgIpc) is 3.40. The second kappa shape index (κ2) is 11.0. The molecule has 1 saturated heterocycles. The second-order valence-corrected chi connectivity index (χ2v) is 8.90. The van der Waals surface area contributed by atoms with Gasteiger partial charge in [0.2, 0.25) is 5.91 Å². The van der Waals surface area contributed by atoms with Gasteiger partial charge in [-0.1, -0.05) is 24.8 Å². The molecule has 1 saturated carbocycles. The summed E-state index contributed by atoms with van der Waals surface area (Å²) in [6, 6.07) is 10.1. The molecule has 1 aliphatic heterocycles. The molecular weight excluding hydrogens is 426 g/mol. The Bertz CT molecular complexity index is 1100. The fourth-order valence-electron chi connectivity index (χ4n) is 4.81. The van der Waals surface area contributed by atoms with Gasteiger partial charge in [-0.05, 0) is 77.4 Å². The Labute approximate surface area is 200 Å². The van der Waals surface area contributed by atoms with E-state index in [0.717, 1.165) is 80.0 Å². The topological polar surface area (TPSA) is 90.9 Å². The van der Waals surface area contributed by atoms with Crippen molar-refractivity contribution >= 4 is 5.91 Å². The van der Waals surface area contributed by atoms with E-state index in [-0.39, 0.29) is 5.91 Å². The largest absolute Gasteiger partial charge is 0.340 e. The van der Waals surface area contributed by atoms with Crippen molar-refractivity contribution < 1.29 is 4.79 Å². The van der Waals surface area contributed by atoms with Crippen LogP contribution in [0.1, 0.15) is 31.7 Å². The number of carbonyl (C=O) groups is 1. The van der Waals surface area contributed by atoms with Crippen molar-refractivity contribution in [2.75, 3.05) is 32.7 Å². The van der Waals surface area contributed by atoms with Gasteiger partial charge in [0.15, 0.2) is 0 Å². The van der Waals surface area contributed by atoms with Crippen LogP contribution in [0, 0.1) is 17.2 Å². The molecule has 34 heavy (non-hydrogen) atoms. The summed E-state index contributed by atoms with van der Waals surface area (Å²) >= 11 is 0. The number of piperazine rings is 1. The van der Waals surface area contributed by atoms with Crippen LogP contribution in [-0.2, 0) is 11.2 Å². The average molecular weight is 458 g/mol. The third kappa shape index (κ3) is 5.49. The van der Waals surface area contributed by atoms with Crippen LogP contribution in [0.25, 0.3) is 5.69 Å². The molecule has 0 radical (unpaired) electrons. The zero-order valence-electron chi connectivity index (χ0n) is 19.7. The van der Waals surface area contributed by atoms with E-state index < -0.39 is 0 Å². The molecule has 8 heteroatoms. The van der Waals surface area contributed by atoms with Crippen molar-refractivity contribution in [3.63, 3.8) is 0 Å². The Hall–Kier alpha value is -3.57. The van der Waals surface area contributed by atoms with Crippen molar-refractivity contribution in [1.82, 2.24) is 30.0 Å². The lowest BCUT2D eigenvalue weighted by Crippen LogP contribution is -2.50. The molecule has 0 N–H and O–H groups in total. The van der Waals surface area contributed by atoms with Crippen LogP contribution in [-0.4, -0.2) is 68.6 Å². The molecule has 0 spiro atoms. The lowest BCUT2D eigenvalue weighted by Gasteiger charge is -2.38. The number of allylic oxidation sites excluding steroid dienone is 4. The van der Waals surface area contributed by atoms with Crippen LogP contribution in [0.5, 0.6) is 0 Å². The van der Waals surface area contributed by atoms with Gasteiger partial charge in [0.05, 0.1) is 23.8 Å². The second-order valence-electron chi connectivity index (χ2n) is 8.90. The first-order chi connectivity index (χ1) is 16.6. The maximum Gasteiger partial charge on any atom is 0.227 e. The monoisotopic (exact) mass is 457 g/mol. The molecule has 1 amide bonds. The van der Waals surface area contributed by atoms with Gasteiger partial charge in [0, 0.05) is 32.7 Å². The molecule has 1 atom stereocenters. The number of amides is 1. The highest BCUT2D eigenvalue weighted by molar-refractivity contribution is 5.79. The molecule has 176 valence electrons. The van der Waals surface area contributed by atoms with E-state index in [1.54, 1.807) is 11.0 Å². The van der Waals surface area contributed by atoms with Crippen LogP contribution in [0.4, 0.5) is 0 Å². The first-order valence-electron chi connectivity index (χ1n) is 11.9.